The average molecular weight is 369 g/mol. The zero-order valence-corrected chi connectivity index (χ0v) is 15.2. The van der Waals surface area contributed by atoms with Gasteiger partial charge in [0.1, 0.15) is 11.6 Å². The lowest BCUT2D eigenvalue weighted by molar-refractivity contribution is 0.318. The molecule has 26 heavy (non-hydrogen) atoms. The average Bonchev–Trinajstić information content (AvgIpc) is 3.07. The fourth-order valence-electron chi connectivity index (χ4n) is 2.43. The number of aromatic nitrogens is 3. The van der Waals surface area contributed by atoms with E-state index in [1.54, 1.807) is 23.9 Å². The minimum Gasteiger partial charge on any atom is -0.494 e. The van der Waals surface area contributed by atoms with E-state index in [4.69, 9.17) is 4.74 Å². The van der Waals surface area contributed by atoms with Gasteiger partial charge in [-0.05, 0) is 30.7 Å². The Bertz CT molecular complexity index is 834. The van der Waals surface area contributed by atoms with Crippen LogP contribution in [-0.4, -0.2) is 27.1 Å². The van der Waals surface area contributed by atoms with Crippen molar-refractivity contribution in [1.29, 1.82) is 0 Å². The molecule has 134 valence electrons. The van der Waals surface area contributed by atoms with Gasteiger partial charge in [0.05, 0.1) is 6.61 Å². The van der Waals surface area contributed by atoms with Crippen LogP contribution in [0.3, 0.4) is 0 Å². The zero-order chi connectivity index (χ0) is 18.2. The number of thioether (sulfide) groups is 1. The molecule has 0 aliphatic rings. The van der Waals surface area contributed by atoms with E-state index in [9.17, 15) is 4.39 Å². The molecule has 6 heteroatoms. The van der Waals surface area contributed by atoms with Crippen LogP contribution in [0.2, 0.25) is 0 Å². The lowest BCUT2D eigenvalue weighted by Crippen LogP contribution is -2.02. The minimum atomic E-state index is -0.260. The lowest BCUT2D eigenvalue weighted by atomic mass is 10.2. The molecule has 1 aromatic heterocycles. The van der Waals surface area contributed by atoms with Gasteiger partial charge in [-0.25, -0.2) is 4.39 Å². The second-order valence-electron chi connectivity index (χ2n) is 5.58. The van der Waals surface area contributed by atoms with Crippen LogP contribution < -0.4 is 4.74 Å². The molecule has 3 aromatic rings. The summed E-state index contributed by atoms with van der Waals surface area (Å²) >= 11 is 1.64. The van der Waals surface area contributed by atoms with Crippen LogP contribution in [0.25, 0.3) is 11.4 Å². The van der Waals surface area contributed by atoms with E-state index in [1.165, 1.54) is 12.1 Å². The number of benzene rings is 2. The molecular formula is C20H20FN3OS. The lowest BCUT2D eigenvalue weighted by Gasteiger charge is -2.08. The first-order valence-electron chi connectivity index (χ1n) is 8.38. The maximum absolute atomic E-state index is 12.9. The summed E-state index contributed by atoms with van der Waals surface area (Å²) < 4.78 is 20.5. The molecule has 0 saturated heterocycles. The number of allylic oxidation sites excluding steroid dienone is 1. The Kier molecular flexibility index (Phi) is 6.44. The minimum absolute atomic E-state index is 0.260. The summed E-state index contributed by atoms with van der Waals surface area (Å²) in [5, 5.41) is 9.53. The molecule has 0 aliphatic heterocycles. The van der Waals surface area contributed by atoms with Gasteiger partial charge in [-0.1, -0.05) is 48.2 Å². The van der Waals surface area contributed by atoms with Crippen molar-refractivity contribution in [3.8, 4) is 17.1 Å². The molecule has 0 fully saturated rings. The molecular weight excluding hydrogens is 349 g/mol. The SMILES string of the molecule is C=CCn1c(SCCCOc2ccc(F)cc2)nnc1-c1ccccc1. The Balaban J connectivity index is 1.55. The van der Waals surface area contributed by atoms with E-state index in [-0.39, 0.29) is 5.82 Å². The van der Waals surface area contributed by atoms with Gasteiger partial charge >= 0.3 is 0 Å². The molecule has 0 N–H and O–H groups in total. The first kappa shape index (κ1) is 18.2. The van der Waals surface area contributed by atoms with Crippen LogP contribution in [0.15, 0.2) is 72.4 Å². The Labute approximate surface area is 156 Å². The van der Waals surface area contributed by atoms with Crippen molar-refractivity contribution in [3.05, 3.63) is 73.1 Å². The molecule has 0 amide bonds. The van der Waals surface area contributed by atoms with Crippen molar-refractivity contribution in [3.63, 3.8) is 0 Å². The van der Waals surface area contributed by atoms with Crippen LogP contribution in [-0.2, 0) is 6.54 Å². The number of halogens is 1. The van der Waals surface area contributed by atoms with Crippen LogP contribution >= 0.6 is 11.8 Å². The van der Waals surface area contributed by atoms with Gasteiger partial charge in [0.2, 0.25) is 0 Å². The molecule has 3 rings (SSSR count). The highest BCUT2D eigenvalue weighted by Gasteiger charge is 2.13. The second kappa shape index (κ2) is 9.20. The highest BCUT2D eigenvalue weighted by molar-refractivity contribution is 7.99. The molecule has 4 nitrogen and oxygen atoms in total. The third-order valence-corrected chi connectivity index (χ3v) is 4.72. The number of nitrogens with zero attached hydrogens (tertiary/aromatic N) is 3. The summed E-state index contributed by atoms with van der Waals surface area (Å²) in [7, 11) is 0. The van der Waals surface area contributed by atoms with Crippen molar-refractivity contribution in [2.75, 3.05) is 12.4 Å². The molecule has 0 saturated carbocycles. The van der Waals surface area contributed by atoms with Crippen LogP contribution in [0.4, 0.5) is 4.39 Å². The van der Waals surface area contributed by atoms with Crippen LogP contribution in [0.1, 0.15) is 6.42 Å². The Morgan fingerprint density at radius 3 is 2.58 bits per heavy atom. The van der Waals surface area contributed by atoms with E-state index in [1.807, 2.05) is 36.4 Å². The van der Waals surface area contributed by atoms with Gasteiger partial charge in [0, 0.05) is 17.9 Å². The third kappa shape index (κ3) is 4.73. The summed E-state index contributed by atoms with van der Waals surface area (Å²) in [6.07, 6.45) is 2.70. The summed E-state index contributed by atoms with van der Waals surface area (Å²) in [5.74, 6) is 2.11. The van der Waals surface area contributed by atoms with Crippen molar-refractivity contribution in [2.45, 2.75) is 18.1 Å². The van der Waals surface area contributed by atoms with Gasteiger partial charge in [0.25, 0.3) is 0 Å². The third-order valence-electron chi connectivity index (χ3n) is 3.66. The predicted molar refractivity (Wildman–Crippen MR) is 103 cm³/mol. The van der Waals surface area contributed by atoms with Crippen LogP contribution in [0.5, 0.6) is 5.75 Å². The molecule has 1 heterocycles. The van der Waals surface area contributed by atoms with E-state index in [0.717, 1.165) is 28.7 Å². The van der Waals surface area contributed by atoms with Crippen molar-refractivity contribution in [1.82, 2.24) is 14.8 Å². The molecule has 0 spiro atoms. The summed E-state index contributed by atoms with van der Waals surface area (Å²) in [4.78, 5) is 0. The van der Waals surface area contributed by atoms with Gasteiger partial charge in [-0.3, -0.25) is 4.57 Å². The predicted octanol–water partition coefficient (Wildman–Crippen LogP) is 4.83. The summed E-state index contributed by atoms with van der Waals surface area (Å²) in [6.45, 7) is 5.06. The standard InChI is InChI=1S/C20H20FN3OS/c1-2-13-24-19(16-7-4-3-5-8-16)22-23-20(24)26-15-6-14-25-18-11-9-17(21)10-12-18/h2-5,7-12H,1,6,13-15H2. The molecule has 0 unspecified atom stereocenters. The monoisotopic (exact) mass is 369 g/mol. The highest BCUT2D eigenvalue weighted by atomic mass is 32.2. The van der Waals surface area contributed by atoms with Gasteiger partial charge < -0.3 is 4.74 Å². The summed E-state index contributed by atoms with van der Waals surface area (Å²) in [5.41, 5.74) is 1.04. The number of hydrogen-bond acceptors (Lipinski definition) is 4. The summed E-state index contributed by atoms with van der Waals surface area (Å²) in [6, 6.07) is 16.1. The molecule has 0 aliphatic carbocycles. The van der Waals surface area contributed by atoms with E-state index in [2.05, 4.69) is 21.3 Å². The zero-order valence-electron chi connectivity index (χ0n) is 14.3. The molecule has 2 aromatic carbocycles. The van der Waals surface area contributed by atoms with Crippen molar-refractivity contribution >= 4 is 11.8 Å². The van der Waals surface area contributed by atoms with E-state index in [0.29, 0.717) is 18.9 Å². The Morgan fingerprint density at radius 2 is 1.85 bits per heavy atom. The number of ether oxygens (including phenoxy) is 1. The van der Waals surface area contributed by atoms with Gasteiger partial charge in [0.15, 0.2) is 11.0 Å². The van der Waals surface area contributed by atoms with Gasteiger partial charge in [-0.2, -0.15) is 0 Å². The molecule has 0 radical (unpaired) electrons. The Morgan fingerprint density at radius 1 is 1.08 bits per heavy atom. The first-order chi connectivity index (χ1) is 12.8. The quantitative estimate of drug-likeness (QED) is 0.308. The molecule has 0 bridgehead atoms. The fraction of sp³-hybridized carbons (Fsp3) is 0.200. The Hall–Kier alpha value is -2.60. The largest absolute Gasteiger partial charge is 0.494 e. The van der Waals surface area contributed by atoms with E-state index >= 15 is 0 Å². The normalized spacial score (nSPS) is 10.7. The van der Waals surface area contributed by atoms with Crippen molar-refractivity contribution < 1.29 is 9.13 Å². The van der Waals surface area contributed by atoms with E-state index < -0.39 is 0 Å². The second-order valence-corrected chi connectivity index (χ2v) is 6.64. The van der Waals surface area contributed by atoms with Crippen molar-refractivity contribution in [2.24, 2.45) is 0 Å². The van der Waals surface area contributed by atoms with Crippen LogP contribution in [0, 0.1) is 5.82 Å². The number of rotatable bonds is 9. The highest BCUT2D eigenvalue weighted by Crippen LogP contribution is 2.24. The van der Waals surface area contributed by atoms with Gasteiger partial charge in [-0.15, -0.1) is 16.8 Å². The topological polar surface area (TPSA) is 39.9 Å². The maximum atomic E-state index is 12.9. The maximum Gasteiger partial charge on any atom is 0.191 e. The first-order valence-corrected chi connectivity index (χ1v) is 9.37. The smallest absolute Gasteiger partial charge is 0.191 e. The molecule has 0 atom stereocenters. The number of hydrogen-bond donors (Lipinski definition) is 0. The fourth-order valence-corrected chi connectivity index (χ4v) is 3.29.